The van der Waals surface area contributed by atoms with Gasteiger partial charge in [0.2, 0.25) is 11.8 Å². The summed E-state index contributed by atoms with van der Waals surface area (Å²) < 4.78 is 317. The smallest absolute Gasteiger partial charge is 0.383 e. The van der Waals surface area contributed by atoms with Crippen LogP contribution in [0.15, 0.2) is 207 Å². The van der Waals surface area contributed by atoms with Gasteiger partial charge >= 0.3 is 12.4 Å². The van der Waals surface area contributed by atoms with Crippen molar-refractivity contribution in [3.8, 4) is 22.3 Å². The third-order valence-corrected chi connectivity index (χ3v) is 19.5. The average Bonchev–Trinajstić information content (AvgIpc) is 0.717. The molecule has 2 aromatic heterocycles. The van der Waals surface area contributed by atoms with Crippen LogP contribution in [0, 0.1) is 30.2 Å². The van der Waals surface area contributed by atoms with E-state index in [-0.39, 0.29) is 83.1 Å². The monoisotopic (exact) mass is 1500 g/mol. The van der Waals surface area contributed by atoms with Gasteiger partial charge in [0.25, 0.3) is 0 Å². The van der Waals surface area contributed by atoms with E-state index in [0.717, 1.165) is 34.9 Å². The van der Waals surface area contributed by atoms with Gasteiger partial charge in [-0.3, -0.25) is 19.2 Å². The summed E-state index contributed by atoms with van der Waals surface area (Å²) in [6, 6.07) is 5.06. The lowest BCUT2D eigenvalue weighted by atomic mass is 10.00. The van der Waals surface area contributed by atoms with Crippen molar-refractivity contribution in [1.29, 1.82) is 0 Å². The summed E-state index contributed by atoms with van der Waals surface area (Å²) in [5.74, 6) is -9.20. The van der Waals surface area contributed by atoms with Crippen molar-refractivity contribution in [2.75, 3.05) is 66.7 Å². The summed E-state index contributed by atoms with van der Waals surface area (Å²) >= 11 is 1.11. The first-order valence-corrected chi connectivity index (χ1v) is 34.7. The van der Waals surface area contributed by atoms with Crippen molar-refractivity contribution < 1.29 is 89.0 Å². The van der Waals surface area contributed by atoms with Crippen LogP contribution < -0.4 is 10.9 Å². The molecule has 0 radical (unpaired) electrons. The first-order chi connectivity index (χ1) is 58.2. The lowest BCUT2D eigenvalue weighted by Gasteiger charge is -2.39. The molecule has 2 fully saturated rings. The van der Waals surface area contributed by atoms with Gasteiger partial charge in [0.05, 0.1) is 71.5 Å². The highest BCUT2D eigenvalue weighted by atomic mass is 32.2. The molecule has 0 unspecified atom stereocenters. The molecule has 24 heteroatoms. The Morgan fingerprint density at radius 1 is 0.524 bits per heavy atom. The summed E-state index contributed by atoms with van der Waals surface area (Å²) in [6.07, 6.45) is -8.61. The van der Waals surface area contributed by atoms with Crippen molar-refractivity contribution in [3.63, 3.8) is 0 Å². The standard InChI is InChI=1S/C41H40F5N3O3S.C40H38F5N3O3S/c1-27-6-15-36-34(22-27)37(50)23-39(53-26-31-4-3-5-35(42)40(31)43)49(36)25-38(51)48(33-16-18-47(19-17-33)20-21-52-2)24-28-7-9-29(10-8-28)30-11-13-32(14-12-30)41(44,45)46;1-51-22-21-46-19-17-32(18-20-46)47(24-27-9-11-28(12-10-27)29-13-15-31(16-14-29)40(43,44)45)37(50)25-48-35-8-3-2-6-33(35)36(49)23-38(48)52-26-30-5-4-7-34(41)39(30)42/h3-15,22-23,33H,16-21,24-26H2,1-2H3;2-16,23,32H,17-22,24-26H2,1H3/i3D,4D,5D,6D,7D,8D,9D,10D,11D,12D,13D,14D,15D,22D,23D,25D2;25D2. The minimum Gasteiger partial charge on any atom is -0.383 e. The van der Waals surface area contributed by atoms with E-state index in [0.29, 0.717) is 73.5 Å². The van der Waals surface area contributed by atoms with Crippen LogP contribution in [0.25, 0.3) is 44.1 Å². The maximum absolute atomic E-state index is 15.3. The van der Waals surface area contributed by atoms with Crippen LogP contribution in [-0.4, -0.2) is 119 Å². The predicted molar refractivity (Wildman–Crippen MR) is 391 cm³/mol. The Labute approximate surface area is 636 Å². The fourth-order valence-electron chi connectivity index (χ4n) is 11.8. The predicted octanol–water partition coefficient (Wildman–Crippen LogP) is 17.1. The van der Waals surface area contributed by atoms with Crippen molar-refractivity contribution in [3.05, 3.63) is 270 Å². The number of fused-ring (bicyclic) bond motifs is 2. The van der Waals surface area contributed by atoms with E-state index in [1.807, 2.05) is 4.90 Å². The molecule has 0 spiro atoms. The Hall–Kier alpha value is -9.04. The van der Waals surface area contributed by atoms with Crippen LogP contribution in [0.2, 0.25) is 0 Å². The molecular weight excluding hydrogens is 1410 g/mol. The average molecular weight is 1500 g/mol. The van der Waals surface area contributed by atoms with Crippen molar-refractivity contribution in [1.82, 2.24) is 28.7 Å². The minimum atomic E-state index is -5.36. The normalized spacial score (nSPS) is 17.0. The topological polar surface area (TPSA) is 110 Å². The molecule has 2 amide bonds. The third kappa shape index (κ3) is 19.5. The van der Waals surface area contributed by atoms with Gasteiger partial charge in [-0.2, -0.15) is 26.3 Å². The number of amides is 2. The van der Waals surface area contributed by atoms with E-state index in [4.69, 9.17) is 30.0 Å². The number of benzene rings is 8. The number of piperidine rings is 2. The summed E-state index contributed by atoms with van der Waals surface area (Å²) in [4.78, 5) is 63.8. The number of carbonyl (C=O) groups excluding carboxylic acids is 2. The fourth-order valence-corrected chi connectivity index (χ4v) is 13.7. The number of alkyl halides is 6. The Balaban J connectivity index is 0.000000249. The maximum atomic E-state index is 15.3. The number of thioether (sulfide) groups is 2. The largest absolute Gasteiger partial charge is 0.416 e. The molecule has 105 heavy (non-hydrogen) atoms. The van der Waals surface area contributed by atoms with Crippen LogP contribution in [0.5, 0.6) is 0 Å². The van der Waals surface area contributed by atoms with Gasteiger partial charge in [-0.05, 0) is 127 Å². The van der Waals surface area contributed by atoms with Gasteiger partial charge < -0.3 is 38.2 Å². The number of nitrogens with zero attached hydrogens (tertiary/aromatic N) is 6. The van der Waals surface area contributed by atoms with E-state index in [1.165, 1.54) is 53.8 Å². The Morgan fingerprint density at radius 3 is 1.63 bits per heavy atom. The second-order valence-corrected chi connectivity index (χ2v) is 26.3. The van der Waals surface area contributed by atoms with Crippen LogP contribution in [0.3, 0.4) is 0 Å². The maximum Gasteiger partial charge on any atom is 0.416 e. The third-order valence-electron chi connectivity index (χ3n) is 17.5. The van der Waals surface area contributed by atoms with Crippen LogP contribution >= 0.6 is 23.5 Å². The van der Waals surface area contributed by atoms with E-state index in [2.05, 4.69) is 4.90 Å². The first-order valence-electron chi connectivity index (χ1n) is 42.3. The molecular formula is C81H78F10N6O6S2. The number of likely N-dealkylation sites (tertiary alicyclic amines) is 2. The van der Waals surface area contributed by atoms with E-state index in [9.17, 15) is 59.4 Å². The van der Waals surface area contributed by atoms with Crippen molar-refractivity contribution in [2.45, 2.75) is 105 Å². The van der Waals surface area contributed by atoms with Gasteiger partial charge in [0, 0.05) is 124 Å². The molecule has 0 aliphatic carbocycles. The van der Waals surface area contributed by atoms with Gasteiger partial charge in [0.1, 0.15) is 13.0 Å². The lowest BCUT2D eigenvalue weighted by molar-refractivity contribution is -0.138. The van der Waals surface area contributed by atoms with Crippen LogP contribution in [-0.2, 0) is 69.0 Å². The number of halogens is 10. The minimum absolute atomic E-state index is 0.0145. The highest BCUT2D eigenvalue weighted by molar-refractivity contribution is 7.98. The zero-order valence-electron chi connectivity index (χ0n) is 75.4. The summed E-state index contributed by atoms with van der Waals surface area (Å²) in [5, 5.41) is -1.41. The summed E-state index contributed by atoms with van der Waals surface area (Å²) in [7, 11) is 3.09. The summed E-state index contributed by atoms with van der Waals surface area (Å²) in [5.41, 5.74) is -6.86. The second-order valence-electron chi connectivity index (χ2n) is 24.4. The molecule has 0 saturated carbocycles. The van der Waals surface area contributed by atoms with E-state index >= 15 is 9.18 Å². The van der Waals surface area contributed by atoms with Gasteiger partial charge in [-0.25, -0.2) is 17.6 Å². The molecule has 2 aliphatic heterocycles. The molecule has 12 nitrogen and oxygen atoms in total. The number of ether oxygens (including phenoxy) is 2. The number of methoxy groups -OCH3 is 2. The highest BCUT2D eigenvalue weighted by Crippen LogP contribution is 2.36. The molecule has 0 bridgehead atoms. The van der Waals surface area contributed by atoms with Gasteiger partial charge in [0.15, 0.2) is 34.1 Å². The molecule has 10 aromatic rings. The summed E-state index contributed by atoms with van der Waals surface area (Å²) in [6.45, 7) is -2.43. The quantitative estimate of drug-likeness (QED) is 0.0428. The highest BCUT2D eigenvalue weighted by Gasteiger charge is 2.34. The Morgan fingerprint density at radius 2 is 1.05 bits per heavy atom. The number of para-hydroxylation sites is 1. The van der Waals surface area contributed by atoms with E-state index < -0.39 is 230 Å². The van der Waals surface area contributed by atoms with Gasteiger partial charge in [-0.15, -0.1) is 23.5 Å². The lowest BCUT2D eigenvalue weighted by Crippen LogP contribution is -2.48. The fraction of sp³-hybridized carbons (Fsp3) is 0.309. The molecule has 550 valence electrons. The first kappa shape index (κ1) is 55.4. The van der Waals surface area contributed by atoms with E-state index in [1.54, 1.807) is 55.6 Å². The molecule has 12 rings (SSSR count). The molecule has 8 aromatic carbocycles. The zero-order chi connectivity index (χ0) is 91.2. The molecule has 2 aliphatic rings. The number of aromatic nitrogens is 2. The molecule has 4 heterocycles. The number of rotatable bonds is 24. The molecule has 2 saturated heterocycles. The number of carbonyl (C=O) groups is 2. The molecule has 0 N–H and O–H groups in total. The van der Waals surface area contributed by atoms with Gasteiger partial charge in [-0.1, -0.05) is 121 Å². The van der Waals surface area contributed by atoms with Crippen LogP contribution in [0.4, 0.5) is 43.9 Å². The molecule has 0 atom stereocenters. The van der Waals surface area contributed by atoms with Crippen LogP contribution in [0.1, 0.15) is 90.7 Å². The second kappa shape index (κ2) is 34.9. The number of hydrogen-bond donors (Lipinski definition) is 0. The SMILES string of the molecule is [2H]C([2H])(C(=O)N(Cc1ccc(-c2ccc(C(F)(F)F)cc2)cc1)C1CCN(CCOC)CC1)n1c(SCc2cccc(F)c2F)cc(=O)c2ccccc21.[2H]c1c([2H])c(F)c(F)c(CSc2c([2H])c(=O)c3c([2H])c(C)c([2H])c([2H])c3n2C([2H])([2H])C(=O)N(Cc2c([2H])c([2H])c(-c3c([2H])c([2H])c(C(F)(F)F)c([2H])c3[2H])c([2H])c2[2H])C2CCN(CCOC)CC2)c1[2H]. The number of hydrogen-bond acceptors (Lipinski definition) is 10. The number of pyridine rings is 2. The zero-order valence-corrected chi connectivity index (χ0v) is 58.1. The Kier molecular flexibility index (Phi) is 18.4. The van der Waals surface area contributed by atoms with Crippen molar-refractivity contribution >= 4 is 57.1 Å². The Bertz CT molecular complexity index is 5840. The van der Waals surface area contributed by atoms with Crippen molar-refractivity contribution in [2.24, 2.45) is 0 Å².